The van der Waals surface area contributed by atoms with Crippen molar-refractivity contribution in [1.29, 1.82) is 0 Å². The second kappa shape index (κ2) is 5.58. The zero-order valence-electron chi connectivity index (χ0n) is 10.7. The van der Waals surface area contributed by atoms with Crippen molar-refractivity contribution in [2.45, 2.75) is 6.42 Å². The number of aromatic nitrogens is 4. The highest BCUT2D eigenvalue weighted by atomic mass is 16.5. The second-order valence-corrected chi connectivity index (χ2v) is 4.23. The summed E-state index contributed by atoms with van der Waals surface area (Å²) in [5.41, 5.74) is 7.57. The molecule has 0 saturated carbocycles. The Balaban J connectivity index is 1.92. The van der Waals surface area contributed by atoms with E-state index in [4.69, 9.17) is 10.3 Å². The van der Waals surface area contributed by atoms with E-state index in [1.54, 1.807) is 18.5 Å². The van der Waals surface area contributed by atoms with E-state index < -0.39 is 0 Å². The summed E-state index contributed by atoms with van der Waals surface area (Å²) in [4.78, 5) is 12.5. The van der Waals surface area contributed by atoms with Gasteiger partial charge in [-0.15, -0.1) is 0 Å². The normalized spacial score (nSPS) is 10.7. The standard InChI is InChI=1S/C14H13N5O/c15-6-5-10-3-1-4-11(9-10)14-18-13(19-20-14)12-16-7-2-8-17-12/h1-4,7-9H,5-6,15H2. The fourth-order valence-electron chi connectivity index (χ4n) is 1.87. The maximum Gasteiger partial charge on any atom is 0.258 e. The van der Waals surface area contributed by atoms with Crippen molar-refractivity contribution >= 4 is 0 Å². The molecule has 0 saturated heterocycles. The molecule has 0 aliphatic carbocycles. The first-order valence-electron chi connectivity index (χ1n) is 6.27. The molecule has 0 unspecified atom stereocenters. The Hall–Kier alpha value is -2.60. The molecule has 0 amide bonds. The van der Waals surface area contributed by atoms with Gasteiger partial charge in [0.1, 0.15) is 0 Å². The van der Waals surface area contributed by atoms with Gasteiger partial charge in [-0.05, 0) is 36.7 Å². The molecule has 0 fully saturated rings. The van der Waals surface area contributed by atoms with Crippen LogP contribution in [0.15, 0.2) is 47.2 Å². The van der Waals surface area contributed by atoms with Gasteiger partial charge < -0.3 is 10.3 Å². The van der Waals surface area contributed by atoms with Gasteiger partial charge in [0.05, 0.1) is 0 Å². The Labute approximate surface area is 115 Å². The van der Waals surface area contributed by atoms with E-state index in [0.717, 1.165) is 17.5 Å². The zero-order chi connectivity index (χ0) is 13.8. The van der Waals surface area contributed by atoms with Crippen molar-refractivity contribution in [2.24, 2.45) is 5.73 Å². The van der Waals surface area contributed by atoms with E-state index >= 15 is 0 Å². The number of rotatable bonds is 4. The van der Waals surface area contributed by atoms with Gasteiger partial charge in [0.15, 0.2) is 0 Å². The molecule has 3 rings (SSSR count). The summed E-state index contributed by atoms with van der Waals surface area (Å²) in [5, 5.41) is 3.90. The lowest BCUT2D eigenvalue weighted by molar-refractivity contribution is 0.432. The van der Waals surface area contributed by atoms with Gasteiger partial charge >= 0.3 is 0 Å². The van der Waals surface area contributed by atoms with Gasteiger partial charge in [0.2, 0.25) is 11.6 Å². The largest absolute Gasteiger partial charge is 0.333 e. The fourth-order valence-corrected chi connectivity index (χ4v) is 1.87. The summed E-state index contributed by atoms with van der Waals surface area (Å²) < 4.78 is 5.27. The van der Waals surface area contributed by atoms with Crippen LogP contribution in [0.5, 0.6) is 0 Å². The first-order valence-corrected chi connectivity index (χ1v) is 6.27. The van der Waals surface area contributed by atoms with Crippen LogP contribution < -0.4 is 5.73 Å². The van der Waals surface area contributed by atoms with E-state index in [-0.39, 0.29) is 0 Å². The number of nitrogens with two attached hydrogens (primary N) is 1. The molecular weight excluding hydrogens is 254 g/mol. The van der Waals surface area contributed by atoms with Gasteiger partial charge in [-0.1, -0.05) is 17.3 Å². The predicted octanol–water partition coefficient (Wildman–Crippen LogP) is 1.69. The minimum absolute atomic E-state index is 0.379. The minimum Gasteiger partial charge on any atom is -0.333 e. The van der Waals surface area contributed by atoms with Gasteiger partial charge in [-0.3, -0.25) is 0 Å². The van der Waals surface area contributed by atoms with Crippen molar-refractivity contribution in [3.05, 3.63) is 48.3 Å². The smallest absolute Gasteiger partial charge is 0.258 e. The Morgan fingerprint density at radius 2 is 1.90 bits per heavy atom. The molecule has 3 aromatic rings. The highest BCUT2D eigenvalue weighted by Gasteiger charge is 2.12. The van der Waals surface area contributed by atoms with E-state index in [2.05, 4.69) is 20.1 Å². The lowest BCUT2D eigenvalue weighted by atomic mass is 10.1. The average Bonchev–Trinajstić information content (AvgIpc) is 2.99. The Bertz CT molecular complexity index is 696. The molecule has 2 aromatic heterocycles. The summed E-state index contributed by atoms with van der Waals surface area (Å²) in [6.45, 7) is 0.608. The number of nitrogens with zero attached hydrogens (tertiary/aromatic N) is 4. The maximum absolute atomic E-state index is 5.56. The van der Waals surface area contributed by atoms with Crippen molar-refractivity contribution in [2.75, 3.05) is 6.54 Å². The van der Waals surface area contributed by atoms with Crippen LogP contribution in [0, 0.1) is 0 Å². The number of hydrogen-bond donors (Lipinski definition) is 1. The first-order chi connectivity index (χ1) is 9.86. The van der Waals surface area contributed by atoms with Crippen LogP contribution in [0.2, 0.25) is 0 Å². The van der Waals surface area contributed by atoms with E-state index in [9.17, 15) is 0 Å². The van der Waals surface area contributed by atoms with Gasteiger partial charge in [0.25, 0.3) is 5.89 Å². The Morgan fingerprint density at radius 1 is 1.05 bits per heavy atom. The minimum atomic E-state index is 0.379. The summed E-state index contributed by atoms with van der Waals surface area (Å²) in [6, 6.07) is 9.62. The maximum atomic E-state index is 5.56. The topological polar surface area (TPSA) is 90.7 Å². The molecule has 100 valence electrons. The molecule has 2 heterocycles. The summed E-state index contributed by atoms with van der Waals surface area (Å²) >= 11 is 0. The second-order valence-electron chi connectivity index (χ2n) is 4.23. The van der Waals surface area contributed by atoms with E-state index in [1.807, 2.05) is 24.3 Å². The zero-order valence-corrected chi connectivity index (χ0v) is 10.7. The van der Waals surface area contributed by atoms with Gasteiger partial charge in [-0.25, -0.2) is 9.97 Å². The molecule has 0 spiro atoms. The predicted molar refractivity (Wildman–Crippen MR) is 73.5 cm³/mol. The molecule has 2 N–H and O–H groups in total. The molecule has 6 nitrogen and oxygen atoms in total. The highest BCUT2D eigenvalue weighted by molar-refractivity contribution is 5.56. The third-order valence-electron chi connectivity index (χ3n) is 2.80. The Morgan fingerprint density at radius 3 is 2.70 bits per heavy atom. The quantitative estimate of drug-likeness (QED) is 0.773. The molecule has 0 aliphatic heterocycles. The van der Waals surface area contributed by atoms with E-state index in [0.29, 0.717) is 24.1 Å². The molecule has 0 bridgehead atoms. The SMILES string of the molecule is NCCc1cccc(-c2nc(-c3ncccn3)no2)c1. The molecule has 0 radical (unpaired) electrons. The van der Waals surface area contributed by atoms with Crippen LogP contribution in [0.1, 0.15) is 5.56 Å². The van der Waals surface area contributed by atoms with Crippen LogP contribution in [-0.4, -0.2) is 26.7 Å². The van der Waals surface area contributed by atoms with Crippen LogP contribution >= 0.6 is 0 Å². The number of hydrogen-bond acceptors (Lipinski definition) is 6. The molecule has 6 heteroatoms. The average molecular weight is 267 g/mol. The van der Waals surface area contributed by atoms with Crippen molar-refractivity contribution in [3.8, 4) is 23.1 Å². The van der Waals surface area contributed by atoms with E-state index in [1.165, 1.54) is 0 Å². The molecular formula is C14H13N5O. The fraction of sp³-hybridized carbons (Fsp3) is 0.143. The van der Waals surface area contributed by atoms with Crippen LogP contribution in [0.4, 0.5) is 0 Å². The molecule has 0 aliphatic rings. The van der Waals surface area contributed by atoms with Crippen molar-refractivity contribution < 1.29 is 4.52 Å². The summed E-state index contributed by atoms with van der Waals surface area (Å²) in [6.07, 6.45) is 4.09. The van der Waals surface area contributed by atoms with Gasteiger partial charge in [0, 0.05) is 18.0 Å². The monoisotopic (exact) mass is 267 g/mol. The van der Waals surface area contributed by atoms with Crippen LogP contribution in [-0.2, 0) is 6.42 Å². The summed E-state index contributed by atoms with van der Waals surface area (Å²) in [7, 11) is 0. The van der Waals surface area contributed by atoms with Crippen LogP contribution in [0.3, 0.4) is 0 Å². The first kappa shape index (κ1) is 12.4. The lowest BCUT2D eigenvalue weighted by Gasteiger charge is -1.99. The third-order valence-corrected chi connectivity index (χ3v) is 2.80. The number of benzene rings is 1. The van der Waals surface area contributed by atoms with Crippen LogP contribution in [0.25, 0.3) is 23.1 Å². The molecule has 20 heavy (non-hydrogen) atoms. The van der Waals surface area contributed by atoms with Crippen molar-refractivity contribution in [3.63, 3.8) is 0 Å². The Kier molecular flexibility index (Phi) is 3.47. The lowest BCUT2D eigenvalue weighted by Crippen LogP contribution is -2.02. The highest BCUT2D eigenvalue weighted by Crippen LogP contribution is 2.21. The molecule has 1 aromatic carbocycles. The molecule has 0 atom stereocenters. The third kappa shape index (κ3) is 2.55. The van der Waals surface area contributed by atoms with Gasteiger partial charge in [-0.2, -0.15) is 4.98 Å². The van der Waals surface area contributed by atoms with Crippen molar-refractivity contribution in [1.82, 2.24) is 20.1 Å². The summed E-state index contributed by atoms with van der Waals surface area (Å²) in [5.74, 6) is 1.27.